The highest BCUT2D eigenvalue weighted by Gasteiger charge is 2.18. The SMILES string of the molecule is C=Cc1ccc(OC)cc1-c1cc(OC)cc(OC)c1COC(O)CCC(=O)O. The smallest absolute Gasteiger partial charge is 0.303 e. The van der Waals surface area contributed by atoms with Gasteiger partial charge < -0.3 is 29.2 Å². The minimum absolute atomic E-state index is 0.0110. The van der Waals surface area contributed by atoms with Crippen LogP contribution in [0.5, 0.6) is 17.2 Å². The van der Waals surface area contributed by atoms with Crippen LogP contribution in [0.1, 0.15) is 24.0 Å². The van der Waals surface area contributed by atoms with Crippen LogP contribution in [0.2, 0.25) is 0 Å². The molecule has 0 aliphatic heterocycles. The van der Waals surface area contributed by atoms with Gasteiger partial charge in [0.25, 0.3) is 0 Å². The van der Waals surface area contributed by atoms with Gasteiger partial charge >= 0.3 is 5.97 Å². The number of carboxylic acids is 1. The highest BCUT2D eigenvalue weighted by molar-refractivity contribution is 5.80. The van der Waals surface area contributed by atoms with Gasteiger partial charge in [-0.25, -0.2) is 0 Å². The molecule has 0 bridgehead atoms. The lowest BCUT2D eigenvalue weighted by molar-refractivity contribution is -0.143. The van der Waals surface area contributed by atoms with Gasteiger partial charge in [0.2, 0.25) is 0 Å². The van der Waals surface area contributed by atoms with Gasteiger partial charge in [0.15, 0.2) is 6.29 Å². The molecule has 0 aliphatic carbocycles. The highest BCUT2D eigenvalue weighted by atomic mass is 16.6. The Morgan fingerprint density at radius 3 is 2.34 bits per heavy atom. The minimum Gasteiger partial charge on any atom is -0.497 e. The van der Waals surface area contributed by atoms with Crippen LogP contribution >= 0.6 is 0 Å². The second kappa shape index (κ2) is 10.5. The molecule has 0 amide bonds. The Hall–Kier alpha value is -3.03. The summed E-state index contributed by atoms with van der Waals surface area (Å²) in [7, 11) is 4.68. The monoisotopic (exact) mass is 402 g/mol. The third-order valence-electron chi connectivity index (χ3n) is 4.43. The first-order chi connectivity index (χ1) is 13.9. The molecule has 0 aliphatic rings. The van der Waals surface area contributed by atoms with Crippen LogP contribution in [0.15, 0.2) is 36.9 Å². The molecule has 0 fully saturated rings. The summed E-state index contributed by atoms with van der Waals surface area (Å²) < 4.78 is 21.8. The molecule has 0 spiro atoms. The Balaban J connectivity index is 2.50. The summed E-state index contributed by atoms with van der Waals surface area (Å²) in [5, 5.41) is 18.7. The summed E-state index contributed by atoms with van der Waals surface area (Å²) in [6.45, 7) is 3.88. The van der Waals surface area contributed by atoms with E-state index in [1.807, 2.05) is 24.3 Å². The second-order valence-electron chi connectivity index (χ2n) is 6.21. The molecule has 0 radical (unpaired) electrons. The molecular formula is C22H26O7. The van der Waals surface area contributed by atoms with Crippen molar-refractivity contribution in [1.29, 1.82) is 0 Å². The molecule has 0 saturated heterocycles. The standard InChI is InChI=1S/C22H26O7/c1-5-14-6-7-15(26-2)10-17(14)18-11-16(27-3)12-20(28-4)19(18)13-29-22(25)9-8-21(23)24/h5-7,10-12,22,25H,1,8-9,13H2,2-4H3,(H,23,24). The average Bonchev–Trinajstić information content (AvgIpc) is 2.74. The van der Waals surface area contributed by atoms with E-state index >= 15 is 0 Å². The molecular weight excluding hydrogens is 376 g/mol. The molecule has 2 aromatic rings. The van der Waals surface area contributed by atoms with Crippen molar-refractivity contribution in [1.82, 2.24) is 0 Å². The van der Waals surface area contributed by atoms with E-state index in [9.17, 15) is 9.90 Å². The van der Waals surface area contributed by atoms with Crippen LogP contribution in [0, 0.1) is 0 Å². The van der Waals surface area contributed by atoms with Gasteiger partial charge in [-0.3, -0.25) is 4.79 Å². The minimum atomic E-state index is -1.21. The van der Waals surface area contributed by atoms with Crippen LogP contribution in [0.25, 0.3) is 17.2 Å². The molecule has 0 saturated carbocycles. The maximum absolute atomic E-state index is 10.7. The summed E-state index contributed by atoms with van der Waals surface area (Å²) in [6, 6.07) is 9.16. The van der Waals surface area contributed by atoms with E-state index in [2.05, 4.69) is 6.58 Å². The van der Waals surface area contributed by atoms with E-state index in [0.717, 1.165) is 16.7 Å². The van der Waals surface area contributed by atoms with Crippen molar-refractivity contribution in [2.24, 2.45) is 0 Å². The molecule has 156 valence electrons. The predicted octanol–water partition coefficient (Wildman–Crippen LogP) is 3.72. The van der Waals surface area contributed by atoms with Crippen molar-refractivity contribution >= 4 is 12.0 Å². The summed E-state index contributed by atoms with van der Waals surface area (Å²) in [5.74, 6) is 0.774. The Bertz CT molecular complexity index is 860. The molecule has 0 aromatic heterocycles. The van der Waals surface area contributed by atoms with Crippen molar-refractivity contribution in [2.45, 2.75) is 25.7 Å². The fourth-order valence-corrected chi connectivity index (χ4v) is 2.89. The van der Waals surface area contributed by atoms with Gasteiger partial charge in [-0.05, 0) is 34.9 Å². The second-order valence-corrected chi connectivity index (χ2v) is 6.21. The van der Waals surface area contributed by atoms with Crippen molar-refractivity contribution in [3.05, 3.63) is 48.0 Å². The number of hydrogen-bond acceptors (Lipinski definition) is 6. The van der Waals surface area contributed by atoms with Crippen LogP contribution in [0.4, 0.5) is 0 Å². The number of hydrogen-bond donors (Lipinski definition) is 2. The van der Waals surface area contributed by atoms with Gasteiger partial charge in [0.1, 0.15) is 17.2 Å². The molecule has 29 heavy (non-hydrogen) atoms. The summed E-state index contributed by atoms with van der Waals surface area (Å²) >= 11 is 0. The van der Waals surface area contributed by atoms with Crippen LogP contribution in [-0.4, -0.2) is 43.8 Å². The van der Waals surface area contributed by atoms with E-state index in [1.54, 1.807) is 26.4 Å². The number of aliphatic hydroxyl groups excluding tert-OH is 1. The first-order valence-corrected chi connectivity index (χ1v) is 9.00. The van der Waals surface area contributed by atoms with Gasteiger partial charge in [-0.1, -0.05) is 18.7 Å². The molecule has 2 N–H and O–H groups in total. The third-order valence-corrected chi connectivity index (χ3v) is 4.43. The zero-order chi connectivity index (χ0) is 21.4. The highest BCUT2D eigenvalue weighted by Crippen LogP contribution is 2.39. The number of methoxy groups -OCH3 is 3. The number of rotatable bonds is 11. The van der Waals surface area contributed by atoms with Gasteiger partial charge in [0.05, 0.1) is 34.4 Å². The molecule has 1 atom stereocenters. The maximum Gasteiger partial charge on any atom is 0.303 e. The summed E-state index contributed by atoms with van der Waals surface area (Å²) in [5.41, 5.74) is 3.14. The van der Waals surface area contributed by atoms with E-state index in [4.69, 9.17) is 24.1 Å². The van der Waals surface area contributed by atoms with Crippen LogP contribution in [-0.2, 0) is 16.1 Å². The van der Waals surface area contributed by atoms with Gasteiger partial charge in [-0.2, -0.15) is 0 Å². The molecule has 7 heteroatoms. The lowest BCUT2D eigenvalue weighted by atomic mass is 9.94. The Kier molecular flexibility index (Phi) is 8.06. The maximum atomic E-state index is 10.7. The quantitative estimate of drug-likeness (QED) is 0.553. The molecule has 2 aromatic carbocycles. The zero-order valence-corrected chi connectivity index (χ0v) is 16.8. The molecule has 1 unspecified atom stereocenters. The molecule has 7 nitrogen and oxygen atoms in total. The lowest BCUT2D eigenvalue weighted by Gasteiger charge is -2.19. The third kappa shape index (κ3) is 5.73. The average molecular weight is 402 g/mol. The van der Waals surface area contributed by atoms with Crippen molar-refractivity contribution in [3.8, 4) is 28.4 Å². The van der Waals surface area contributed by atoms with Crippen LogP contribution in [0.3, 0.4) is 0 Å². The number of aliphatic carboxylic acids is 1. The largest absolute Gasteiger partial charge is 0.497 e. The topological polar surface area (TPSA) is 94.5 Å². The number of carbonyl (C=O) groups is 1. The fourth-order valence-electron chi connectivity index (χ4n) is 2.89. The number of aliphatic hydroxyl groups is 1. The first kappa shape index (κ1) is 22.3. The van der Waals surface area contributed by atoms with Crippen molar-refractivity contribution < 1.29 is 34.0 Å². The Morgan fingerprint density at radius 2 is 1.76 bits per heavy atom. The molecule has 0 heterocycles. The van der Waals surface area contributed by atoms with Gasteiger partial charge in [-0.15, -0.1) is 0 Å². The fraction of sp³-hybridized carbons (Fsp3) is 0.318. The lowest BCUT2D eigenvalue weighted by Crippen LogP contribution is -2.14. The summed E-state index contributed by atoms with van der Waals surface area (Å²) in [6.07, 6.45) is 0.312. The predicted molar refractivity (Wildman–Crippen MR) is 109 cm³/mol. The van der Waals surface area contributed by atoms with E-state index in [1.165, 1.54) is 7.11 Å². The van der Waals surface area contributed by atoms with E-state index in [0.29, 0.717) is 22.8 Å². The number of benzene rings is 2. The van der Waals surface area contributed by atoms with E-state index < -0.39 is 12.3 Å². The van der Waals surface area contributed by atoms with Gasteiger partial charge in [0, 0.05) is 18.1 Å². The normalized spacial score (nSPS) is 11.6. The first-order valence-electron chi connectivity index (χ1n) is 9.00. The van der Waals surface area contributed by atoms with Crippen molar-refractivity contribution in [2.75, 3.05) is 21.3 Å². The molecule has 2 rings (SSSR count). The Morgan fingerprint density at radius 1 is 1.07 bits per heavy atom. The zero-order valence-electron chi connectivity index (χ0n) is 16.8. The number of ether oxygens (including phenoxy) is 4. The van der Waals surface area contributed by atoms with Crippen LogP contribution < -0.4 is 14.2 Å². The number of carboxylic acid groups (broad SMARTS) is 1. The Labute approximate surface area is 170 Å². The van der Waals surface area contributed by atoms with Crippen molar-refractivity contribution in [3.63, 3.8) is 0 Å². The summed E-state index contributed by atoms with van der Waals surface area (Å²) in [4.78, 5) is 10.7. The van der Waals surface area contributed by atoms with E-state index in [-0.39, 0.29) is 19.4 Å².